The molecule has 9 heteroatoms. The van der Waals surface area contributed by atoms with Gasteiger partial charge < -0.3 is 15.1 Å². The molecule has 0 bridgehead atoms. The van der Waals surface area contributed by atoms with Gasteiger partial charge in [0.2, 0.25) is 0 Å². The molecule has 1 heterocycles. The SMILES string of the molecule is Cc1cc(C)c(S(=O)(=O)N(CC(=O)O)c2ccc(N3CCC[C@H]3C(=O)O)c3ccccc23)c(C)c1. The van der Waals surface area contributed by atoms with E-state index >= 15 is 0 Å². The first kappa shape index (κ1) is 24.5. The molecule has 3 aromatic rings. The van der Waals surface area contributed by atoms with E-state index < -0.39 is 34.5 Å². The van der Waals surface area contributed by atoms with E-state index in [-0.39, 0.29) is 10.6 Å². The maximum Gasteiger partial charge on any atom is 0.326 e. The van der Waals surface area contributed by atoms with Crippen LogP contribution in [-0.4, -0.2) is 49.7 Å². The first-order chi connectivity index (χ1) is 16.5. The number of hydrogen-bond acceptors (Lipinski definition) is 5. The molecule has 0 unspecified atom stereocenters. The van der Waals surface area contributed by atoms with Crippen molar-refractivity contribution in [3.05, 3.63) is 65.2 Å². The van der Waals surface area contributed by atoms with Crippen LogP contribution in [-0.2, 0) is 19.6 Å². The molecule has 1 atom stereocenters. The third kappa shape index (κ3) is 4.43. The van der Waals surface area contributed by atoms with Crippen LogP contribution < -0.4 is 9.21 Å². The molecular weight excluding hydrogens is 468 g/mol. The normalized spacial score (nSPS) is 16.0. The van der Waals surface area contributed by atoms with Crippen LogP contribution in [0.2, 0.25) is 0 Å². The summed E-state index contributed by atoms with van der Waals surface area (Å²) in [5.74, 6) is -2.19. The van der Waals surface area contributed by atoms with E-state index in [2.05, 4.69) is 0 Å². The average Bonchev–Trinajstić information content (AvgIpc) is 3.26. The van der Waals surface area contributed by atoms with Crippen LogP contribution in [0.1, 0.15) is 29.5 Å². The van der Waals surface area contributed by atoms with E-state index in [1.807, 2.05) is 11.8 Å². The van der Waals surface area contributed by atoms with Gasteiger partial charge in [-0.25, -0.2) is 13.2 Å². The fraction of sp³-hybridized carbons (Fsp3) is 0.308. The van der Waals surface area contributed by atoms with Crippen molar-refractivity contribution < 1.29 is 28.2 Å². The second-order valence-corrected chi connectivity index (χ2v) is 10.8. The van der Waals surface area contributed by atoms with Crippen LogP contribution in [0.4, 0.5) is 11.4 Å². The minimum atomic E-state index is -4.23. The first-order valence-electron chi connectivity index (χ1n) is 11.4. The lowest BCUT2D eigenvalue weighted by Crippen LogP contribution is -2.37. The van der Waals surface area contributed by atoms with Gasteiger partial charge in [-0.3, -0.25) is 9.10 Å². The van der Waals surface area contributed by atoms with Gasteiger partial charge in [-0.15, -0.1) is 0 Å². The molecule has 3 aromatic carbocycles. The molecule has 184 valence electrons. The van der Waals surface area contributed by atoms with Crippen LogP contribution >= 0.6 is 0 Å². The molecule has 0 aromatic heterocycles. The molecular formula is C26H28N2O6S. The predicted molar refractivity (Wildman–Crippen MR) is 135 cm³/mol. The van der Waals surface area contributed by atoms with Crippen molar-refractivity contribution in [1.29, 1.82) is 0 Å². The van der Waals surface area contributed by atoms with Gasteiger partial charge >= 0.3 is 11.9 Å². The number of aryl methyl sites for hydroxylation is 3. The first-order valence-corrected chi connectivity index (χ1v) is 12.8. The van der Waals surface area contributed by atoms with Crippen molar-refractivity contribution in [3.63, 3.8) is 0 Å². The summed E-state index contributed by atoms with van der Waals surface area (Å²) < 4.78 is 28.8. The maximum atomic E-state index is 13.9. The number of anilines is 2. The number of rotatable bonds is 7. The van der Waals surface area contributed by atoms with Crippen LogP contribution in [0.15, 0.2) is 53.4 Å². The molecule has 1 saturated heterocycles. The van der Waals surface area contributed by atoms with Gasteiger partial charge in [-0.1, -0.05) is 42.0 Å². The van der Waals surface area contributed by atoms with Gasteiger partial charge in [-0.2, -0.15) is 0 Å². The summed E-state index contributed by atoms with van der Waals surface area (Å²) in [5, 5.41) is 20.5. The summed E-state index contributed by atoms with van der Waals surface area (Å²) in [6.45, 7) is 5.10. The van der Waals surface area contributed by atoms with Gasteiger partial charge in [0, 0.05) is 23.0 Å². The zero-order valence-corrected chi connectivity index (χ0v) is 20.7. The van der Waals surface area contributed by atoms with Crippen molar-refractivity contribution in [2.45, 2.75) is 44.6 Å². The van der Waals surface area contributed by atoms with Crippen molar-refractivity contribution in [2.24, 2.45) is 0 Å². The summed E-state index contributed by atoms with van der Waals surface area (Å²) in [6.07, 6.45) is 1.26. The number of sulfonamides is 1. The minimum absolute atomic E-state index is 0.0861. The number of carbonyl (C=O) groups is 2. The lowest BCUT2D eigenvalue weighted by Gasteiger charge is -2.29. The molecule has 0 aliphatic carbocycles. The van der Waals surface area contributed by atoms with Crippen molar-refractivity contribution in [3.8, 4) is 0 Å². The largest absolute Gasteiger partial charge is 0.480 e. The number of benzene rings is 3. The van der Waals surface area contributed by atoms with Gasteiger partial charge in [0.15, 0.2) is 0 Å². The average molecular weight is 497 g/mol. The Morgan fingerprint density at radius 1 is 1.00 bits per heavy atom. The Balaban J connectivity index is 1.93. The Labute approximate surface area is 204 Å². The quantitative estimate of drug-likeness (QED) is 0.506. The van der Waals surface area contributed by atoms with Crippen LogP contribution in [0.5, 0.6) is 0 Å². The van der Waals surface area contributed by atoms with E-state index in [0.29, 0.717) is 40.6 Å². The van der Waals surface area contributed by atoms with E-state index in [9.17, 15) is 28.2 Å². The number of carboxylic acids is 2. The highest BCUT2D eigenvalue weighted by molar-refractivity contribution is 7.93. The summed E-state index contributed by atoms with van der Waals surface area (Å²) in [5.41, 5.74) is 2.92. The zero-order chi connectivity index (χ0) is 25.5. The molecule has 0 radical (unpaired) electrons. The summed E-state index contributed by atoms with van der Waals surface area (Å²) >= 11 is 0. The Hall–Kier alpha value is -3.59. The second-order valence-electron chi connectivity index (χ2n) is 8.97. The minimum Gasteiger partial charge on any atom is -0.480 e. The standard InChI is InChI=1S/C26H28N2O6S/c1-16-13-17(2)25(18(3)14-16)35(33,34)28(15-24(29)30)22-11-10-21(19-7-4-5-8-20(19)22)27-12-6-9-23(27)26(31)32/h4-5,7-8,10-11,13-14,23H,6,9,12,15H2,1-3H3,(H,29,30)(H,31,32)/t23-/m0/s1. The summed E-state index contributed by atoms with van der Waals surface area (Å²) in [4.78, 5) is 25.5. The third-order valence-electron chi connectivity index (χ3n) is 6.43. The molecule has 1 fully saturated rings. The van der Waals surface area contributed by atoms with E-state index in [1.165, 1.54) is 0 Å². The third-order valence-corrected chi connectivity index (χ3v) is 8.49. The topological polar surface area (TPSA) is 115 Å². The fourth-order valence-electron chi connectivity index (χ4n) is 5.15. The highest BCUT2D eigenvalue weighted by atomic mass is 32.2. The Morgan fingerprint density at radius 2 is 1.63 bits per heavy atom. The lowest BCUT2D eigenvalue weighted by molar-refractivity contribution is -0.138. The van der Waals surface area contributed by atoms with Crippen LogP contribution in [0.3, 0.4) is 0 Å². The van der Waals surface area contributed by atoms with Crippen molar-refractivity contribution in [2.75, 3.05) is 22.3 Å². The highest BCUT2D eigenvalue weighted by Gasteiger charge is 2.34. The second kappa shape index (κ2) is 9.22. The number of fused-ring (bicyclic) bond motifs is 1. The summed E-state index contributed by atoms with van der Waals surface area (Å²) in [6, 6.07) is 13.2. The highest BCUT2D eigenvalue weighted by Crippen LogP contribution is 2.39. The van der Waals surface area contributed by atoms with Crippen LogP contribution in [0, 0.1) is 20.8 Å². The zero-order valence-electron chi connectivity index (χ0n) is 19.9. The van der Waals surface area contributed by atoms with Gasteiger partial charge in [0.05, 0.1) is 10.6 Å². The molecule has 0 saturated carbocycles. The molecule has 8 nitrogen and oxygen atoms in total. The predicted octanol–water partition coefficient (Wildman–Crippen LogP) is 4.10. The fourth-order valence-corrected chi connectivity index (χ4v) is 7.00. The number of nitrogens with zero attached hydrogens (tertiary/aromatic N) is 2. The van der Waals surface area contributed by atoms with Gasteiger partial charge in [0.1, 0.15) is 12.6 Å². The maximum absolute atomic E-state index is 13.9. The molecule has 35 heavy (non-hydrogen) atoms. The van der Waals surface area contributed by atoms with Crippen molar-refractivity contribution in [1.82, 2.24) is 0 Å². The monoisotopic (exact) mass is 496 g/mol. The molecule has 0 spiro atoms. The van der Waals surface area contributed by atoms with E-state index in [0.717, 1.165) is 16.3 Å². The smallest absolute Gasteiger partial charge is 0.326 e. The number of carboxylic acid groups (broad SMARTS) is 2. The molecule has 4 rings (SSSR count). The molecule has 1 aliphatic heterocycles. The Morgan fingerprint density at radius 3 is 2.23 bits per heavy atom. The van der Waals surface area contributed by atoms with Gasteiger partial charge in [-0.05, 0) is 56.9 Å². The Bertz CT molecular complexity index is 1410. The molecule has 0 amide bonds. The van der Waals surface area contributed by atoms with Gasteiger partial charge in [0.25, 0.3) is 10.0 Å². The molecule has 1 aliphatic rings. The lowest BCUT2D eigenvalue weighted by atomic mass is 10.0. The molecule has 2 N–H and O–H groups in total. The van der Waals surface area contributed by atoms with E-state index in [4.69, 9.17) is 0 Å². The summed E-state index contributed by atoms with van der Waals surface area (Å²) in [7, 11) is -4.23. The number of aliphatic carboxylic acids is 2. The van der Waals surface area contributed by atoms with E-state index in [1.54, 1.807) is 62.4 Å². The van der Waals surface area contributed by atoms with Crippen molar-refractivity contribution >= 4 is 44.1 Å². The van der Waals surface area contributed by atoms with Crippen LogP contribution in [0.25, 0.3) is 10.8 Å². The Kier molecular flexibility index (Phi) is 6.46. The number of hydrogen-bond donors (Lipinski definition) is 2.